The van der Waals surface area contributed by atoms with Gasteiger partial charge in [-0.15, -0.1) is 0 Å². The molecule has 0 aromatic heterocycles. The molecule has 10 heavy (non-hydrogen) atoms. The molecular formula is C7H16N2O. The van der Waals surface area contributed by atoms with Crippen molar-refractivity contribution >= 4 is 0 Å². The Morgan fingerprint density at radius 2 is 2.60 bits per heavy atom. The summed E-state index contributed by atoms with van der Waals surface area (Å²) in [7, 11) is 1.94. The van der Waals surface area contributed by atoms with Gasteiger partial charge in [-0.25, -0.2) is 0 Å². The average molecular weight is 144 g/mol. The second kappa shape index (κ2) is 4.66. The molecule has 0 spiro atoms. The van der Waals surface area contributed by atoms with Gasteiger partial charge < -0.3 is 15.4 Å². The smallest absolute Gasteiger partial charge is 0.0712 e. The summed E-state index contributed by atoms with van der Waals surface area (Å²) in [4.78, 5) is 0. The third-order valence-electron chi connectivity index (χ3n) is 1.72. The Kier molecular flexibility index (Phi) is 3.72. The monoisotopic (exact) mass is 144 g/mol. The molecule has 1 fully saturated rings. The van der Waals surface area contributed by atoms with Gasteiger partial charge in [0.15, 0.2) is 0 Å². The van der Waals surface area contributed by atoms with E-state index in [4.69, 9.17) is 4.74 Å². The summed E-state index contributed by atoms with van der Waals surface area (Å²) >= 11 is 0. The highest BCUT2D eigenvalue weighted by molar-refractivity contribution is 4.70. The van der Waals surface area contributed by atoms with Crippen LogP contribution in [0.4, 0.5) is 0 Å². The summed E-state index contributed by atoms with van der Waals surface area (Å²) in [5, 5.41) is 6.30. The van der Waals surface area contributed by atoms with Crippen LogP contribution in [0.3, 0.4) is 0 Å². The molecule has 1 heterocycles. The van der Waals surface area contributed by atoms with Crippen LogP contribution < -0.4 is 10.6 Å². The van der Waals surface area contributed by atoms with Gasteiger partial charge in [-0.2, -0.15) is 0 Å². The molecule has 0 aromatic carbocycles. The van der Waals surface area contributed by atoms with Gasteiger partial charge in [-0.1, -0.05) is 0 Å². The van der Waals surface area contributed by atoms with Crippen molar-refractivity contribution in [3.05, 3.63) is 0 Å². The molecule has 2 N–H and O–H groups in total. The van der Waals surface area contributed by atoms with E-state index in [1.807, 2.05) is 7.05 Å². The number of rotatable bonds is 4. The Morgan fingerprint density at radius 3 is 3.20 bits per heavy atom. The highest BCUT2D eigenvalue weighted by Crippen LogP contribution is 2.01. The Balaban J connectivity index is 1.91. The van der Waals surface area contributed by atoms with Gasteiger partial charge >= 0.3 is 0 Å². The van der Waals surface area contributed by atoms with E-state index in [-0.39, 0.29) is 0 Å². The lowest BCUT2D eigenvalue weighted by Gasteiger charge is -2.08. The number of ether oxygens (including phenoxy) is 1. The van der Waals surface area contributed by atoms with Crippen LogP contribution in [-0.2, 0) is 4.74 Å². The molecule has 1 atom stereocenters. The van der Waals surface area contributed by atoms with Crippen molar-refractivity contribution in [2.24, 2.45) is 0 Å². The molecule has 1 rings (SSSR count). The predicted octanol–water partition coefficient (Wildman–Crippen LogP) is -0.416. The summed E-state index contributed by atoms with van der Waals surface area (Å²) in [6, 6.07) is 0. The van der Waals surface area contributed by atoms with Crippen LogP contribution in [0, 0.1) is 0 Å². The topological polar surface area (TPSA) is 33.3 Å². The molecule has 1 saturated heterocycles. The van der Waals surface area contributed by atoms with E-state index in [1.165, 1.54) is 6.42 Å². The lowest BCUT2D eigenvalue weighted by atomic mass is 10.3. The molecule has 1 aliphatic rings. The molecule has 1 aliphatic heterocycles. The minimum Gasteiger partial charge on any atom is -0.376 e. The fraction of sp³-hybridized carbons (Fsp3) is 1.00. The molecule has 0 bridgehead atoms. The summed E-state index contributed by atoms with van der Waals surface area (Å²) < 4.78 is 5.52. The molecule has 0 radical (unpaired) electrons. The van der Waals surface area contributed by atoms with Gasteiger partial charge in [0.2, 0.25) is 0 Å². The normalized spacial score (nSPS) is 25.5. The fourth-order valence-corrected chi connectivity index (χ4v) is 1.10. The van der Waals surface area contributed by atoms with E-state index < -0.39 is 0 Å². The first-order valence-electron chi connectivity index (χ1n) is 3.90. The maximum Gasteiger partial charge on any atom is 0.0712 e. The van der Waals surface area contributed by atoms with E-state index in [0.29, 0.717) is 6.10 Å². The van der Waals surface area contributed by atoms with Crippen LogP contribution in [0.1, 0.15) is 6.42 Å². The van der Waals surface area contributed by atoms with Gasteiger partial charge in [0.05, 0.1) is 12.7 Å². The van der Waals surface area contributed by atoms with Crippen molar-refractivity contribution in [2.45, 2.75) is 12.5 Å². The van der Waals surface area contributed by atoms with Crippen molar-refractivity contribution in [3.8, 4) is 0 Å². The van der Waals surface area contributed by atoms with Gasteiger partial charge in [0.1, 0.15) is 0 Å². The molecule has 0 amide bonds. The lowest BCUT2D eigenvalue weighted by Crippen LogP contribution is -2.22. The summed E-state index contributed by atoms with van der Waals surface area (Å²) in [5.74, 6) is 0. The van der Waals surface area contributed by atoms with E-state index in [1.54, 1.807) is 0 Å². The van der Waals surface area contributed by atoms with Crippen LogP contribution >= 0.6 is 0 Å². The van der Waals surface area contributed by atoms with Crippen molar-refractivity contribution < 1.29 is 4.74 Å². The molecule has 0 aromatic rings. The number of hydrogen-bond acceptors (Lipinski definition) is 3. The van der Waals surface area contributed by atoms with Crippen LogP contribution in [0.5, 0.6) is 0 Å². The maximum atomic E-state index is 5.52. The largest absolute Gasteiger partial charge is 0.376 e. The summed E-state index contributed by atoms with van der Waals surface area (Å²) in [6.07, 6.45) is 1.64. The standard InChI is InChI=1S/C7H16N2O/c1-8-4-5-10-7-2-3-9-6-7/h7-9H,2-6H2,1H3/t7-/m1/s1. The predicted molar refractivity (Wildman–Crippen MR) is 41.2 cm³/mol. The van der Waals surface area contributed by atoms with E-state index in [2.05, 4.69) is 10.6 Å². The number of nitrogens with one attached hydrogen (secondary N) is 2. The first-order valence-corrected chi connectivity index (χ1v) is 3.90. The molecule has 0 unspecified atom stereocenters. The molecule has 0 saturated carbocycles. The lowest BCUT2D eigenvalue weighted by molar-refractivity contribution is 0.0700. The van der Waals surface area contributed by atoms with E-state index >= 15 is 0 Å². The highest BCUT2D eigenvalue weighted by Gasteiger charge is 2.13. The second-order valence-corrected chi connectivity index (χ2v) is 2.59. The van der Waals surface area contributed by atoms with Crippen molar-refractivity contribution in [3.63, 3.8) is 0 Å². The van der Waals surface area contributed by atoms with E-state index in [9.17, 15) is 0 Å². The molecule has 3 nitrogen and oxygen atoms in total. The SMILES string of the molecule is CNCCO[C@@H]1CCNC1. The van der Waals surface area contributed by atoms with Gasteiger partial charge in [-0.05, 0) is 20.0 Å². The van der Waals surface area contributed by atoms with E-state index in [0.717, 1.165) is 26.2 Å². The first kappa shape index (κ1) is 7.98. The summed E-state index contributed by atoms with van der Waals surface area (Å²) in [5.41, 5.74) is 0. The average Bonchev–Trinajstić information content (AvgIpc) is 2.41. The van der Waals surface area contributed by atoms with Crippen LogP contribution in [-0.4, -0.2) is 39.4 Å². The zero-order valence-corrected chi connectivity index (χ0v) is 6.52. The molecule has 3 heteroatoms. The molecule has 0 aliphatic carbocycles. The quantitative estimate of drug-likeness (QED) is 0.526. The van der Waals surface area contributed by atoms with Crippen LogP contribution in [0.15, 0.2) is 0 Å². The summed E-state index contributed by atoms with van der Waals surface area (Å²) in [6.45, 7) is 3.94. The molecule has 60 valence electrons. The number of hydrogen-bond donors (Lipinski definition) is 2. The highest BCUT2D eigenvalue weighted by atomic mass is 16.5. The van der Waals surface area contributed by atoms with Crippen molar-refractivity contribution in [1.82, 2.24) is 10.6 Å². The van der Waals surface area contributed by atoms with Gasteiger partial charge in [-0.3, -0.25) is 0 Å². The Morgan fingerprint density at radius 1 is 1.70 bits per heavy atom. The molecular weight excluding hydrogens is 128 g/mol. The zero-order valence-electron chi connectivity index (χ0n) is 6.52. The third-order valence-corrected chi connectivity index (χ3v) is 1.72. The Labute approximate surface area is 62.1 Å². The fourth-order valence-electron chi connectivity index (χ4n) is 1.10. The third kappa shape index (κ3) is 2.64. The van der Waals surface area contributed by atoms with Crippen LogP contribution in [0.2, 0.25) is 0 Å². The number of likely N-dealkylation sites (N-methyl/N-ethyl adjacent to an activating group) is 1. The van der Waals surface area contributed by atoms with Crippen molar-refractivity contribution in [1.29, 1.82) is 0 Å². The first-order chi connectivity index (χ1) is 4.93. The minimum atomic E-state index is 0.466. The zero-order chi connectivity index (χ0) is 7.23. The van der Waals surface area contributed by atoms with Gasteiger partial charge in [0, 0.05) is 13.1 Å². The second-order valence-electron chi connectivity index (χ2n) is 2.59. The minimum absolute atomic E-state index is 0.466. The van der Waals surface area contributed by atoms with Crippen LogP contribution in [0.25, 0.3) is 0 Å². The maximum absolute atomic E-state index is 5.52. The van der Waals surface area contributed by atoms with Gasteiger partial charge in [0.25, 0.3) is 0 Å². The Hall–Kier alpha value is -0.120. The van der Waals surface area contributed by atoms with Crippen molar-refractivity contribution in [2.75, 3.05) is 33.3 Å². The Bertz CT molecular complexity index is 81.7.